The third-order valence-electron chi connectivity index (χ3n) is 6.30. The lowest BCUT2D eigenvalue weighted by Crippen LogP contribution is -2.27. The summed E-state index contributed by atoms with van der Waals surface area (Å²) in [4.78, 5) is 2.19. The van der Waals surface area contributed by atoms with E-state index in [1.807, 2.05) is 18.2 Å². The molecule has 1 N–H and O–H groups in total. The van der Waals surface area contributed by atoms with Crippen LogP contribution >= 0.6 is 11.6 Å². The zero-order valence-electron chi connectivity index (χ0n) is 17.5. The number of anilines is 2. The van der Waals surface area contributed by atoms with Crippen LogP contribution in [0.3, 0.4) is 0 Å². The molecule has 0 unspecified atom stereocenters. The van der Waals surface area contributed by atoms with Gasteiger partial charge in [0.15, 0.2) is 0 Å². The summed E-state index contributed by atoms with van der Waals surface area (Å²) in [5.41, 5.74) is 6.80. The van der Waals surface area contributed by atoms with Crippen molar-refractivity contribution in [2.24, 2.45) is 7.05 Å². The Morgan fingerprint density at radius 3 is 2.68 bits per heavy atom. The van der Waals surface area contributed by atoms with Gasteiger partial charge in [-0.15, -0.1) is 0 Å². The van der Waals surface area contributed by atoms with Crippen molar-refractivity contribution in [3.63, 3.8) is 0 Å². The molecule has 0 amide bonds. The van der Waals surface area contributed by atoms with E-state index in [9.17, 15) is 8.78 Å². The van der Waals surface area contributed by atoms with Gasteiger partial charge in [0.25, 0.3) is 6.43 Å². The Morgan fingerprint density at radius 1 is 1.06 bits per heavy atom. The first kappa shape index (κ1) is 20.5. The molecule has 3 heterocycles. The van der Waals surface area contributed by atoms with Crippen LogP contribution in [0, 0.1) is 0 Å². The Balaban J connectivity index is 1.66. The third kappa shape index (κ3) is 3.83. The van der Waals surface area contributed by atoms with Crippen molar-refractivity contribution in [3.8, 4) is 11.1 Å². The van der Waals surface area contributed by atoms with Crippen molar-refractivity contribution in [1.29, 1.82) is 0 Å². The van der Waals surface area contributed by atoms with Crippen molar-refractivity contribution in [3.05, 3.63) is 63.9 Å². The minimum atomic E-state index is -2.57. The fraction of sp³-hybridized carbons (Fsp3) is 0.375. The number of nitrogens with zero attached hydrogens (tertiary/aromatic N) is 3. The Morgan fingerprint density at radius 2 is 1.90 bits per heavy atom. The van der Waals surface area contributed by atoms with E-state index >= 15 is 0 Å². The van der Waals surface area contributed by atoms with Gasteiger partial charge < -0.3 is 10.2 Å². The SMILES string of the molecule is Cn1cc(-c2cc3c(cc2C(F)F)N(c2cc(Cl)cc4c2CNCCC4)CCC3)cn1. The van der Waals surface area contributed by atoms with Crippen LogP contribution in [-0.2, 0) is 26.4 Å². The molecule has 0 aliphatic carbocycles. The van der Waals surface area contributed by atoms with Crippen molar-refractivity contribution in [2.45, 2.75) is 38.7 Å². The average molecular weight is 443 g/mol. The highest BCUT2D eigenvalue weighted by atomic mass is 35.5. The molecule has 7 heteroatoms. The second kappa shape index (κ2) is 8.24. The molecule has 0 saturated carbocycles. The van der Waals surface area contributed by atoms with Gasteiger partial charge in [0.2, 0.25) is 0 Å². The molecule has 2 aliphatic rings. The van der Waals surface area contributed by atoms with Crippen LogP contribution < -0.4 is 10.2 Å². The summed E-state index contributed by atoms with van der Waals surface area (Å²) in [5.74, 6) is 0. The number of fused-ring (bicyclic) bond motifs is 2. The van der Waals surface area contributed by atoms with Crippen molar-refractivity contribution >= 4 is 23.0 Å². The van der Waals surface area contributed by atoms with Crippen LogP contribution in [0.15, 0.2) is 36.7 Å². The third-order valence-corrected chi connectivity index (χ3v) is 6.51. The summed E-state index contributed by atoms with van der Waals surface area (Å²) in [5, 5.41) is 8.36. The van der Waals surface area contributed by atoms with E-state index in [0.717, 1.165) is 67.8 Å². The Hall–Kier alpha value is -2.44. The molecule has 4 nitrogen and oxygen atoms in total. The van der Waals surface area contributed by atoms with E-state index in [4.69, 9.17) is 11.6 Å². The number of aromatic nitrogens is 2. The van der Waals surface area contributed by atoms with Gasteiger partial charge in [0.05, 0.1) is 6.20 Å². The molecule has 5 rings (SSSR count). The lowest BCUT2D eigenvalue weighted by Gasteiger charge is -2.34. The molecular weight excluding hydrogens is 418 g/mol. The number of alkyl halides is 2. The van der Waals surface area contributed by atoms with Crippen molar-refractivity contribution in [1.82, 2.24) is 15.1 Å². The number of hydrogen-bond acceptors (Lipinski definition) is 3. The van der Waals surface area contributed by atoms with Gasteiger partial charge in [-0.05, 0) is 78.7 Å². The van der Waals surface area contributed by atoms with E-state index in [-0.39, 0.29) is 5.56 Å². The molecule has 0 saturated heterocycles. The molecule has 0 atom stereocenters. The second-order valence-electron chi connectivity index (χ2n) is 8.37. The molecule has 2 aromatic carbocycles. The molecule has 1 aromatic heterocycles. The summed E-state index contributed by atoms with van der Waals surface area (Å²) in [6.45, 7) is 2.52. The summed E-state index contributed by atoms with van der Waals surface area (Å²) in [7, 11) is 1.80. The van der Waals surface area contributed by atoms with Crippen LogP contribution in [0.25, 0.3) is 11.1 Å². The van der Waals surface area contributed by atoms with Gasteiger partial charge in [0, 0.05) is 53.9 Å². The molecule has 3 aromatic rings. The predicted molar refractivity (Wildman–Crippen MR) is 120 cm³/mol. The zero-order chi connectivity index (χ0) is 21.5. The molecule has 0 spiro atoms. The maximum absolute atomic E-state index is 14.1. The zero-order valence-corrected chi connectivity index (χ0v) is 18.2. The van der Waals surface area contributed by atoms with Gasteiger partial charge in [-0.25, -0.2) is 8.78 Å². The Kier molecular flexibility index (Phi) is 5.44. The quantitative estimate of drug-likeness (QED) is 0.556. The monoisotopic (exact) mass is 442 g/mol. The van der Waals surface area contributed by atoms with Gasteiger partial charge in [-0.1, -0.05) is 11.6 Å². The number of aryl methyl sites for hydroxylation is 3. The lowest BCUT2D eigenvalue weighted by molar-refractivity contribution is 0.152. The van der Waals surface area contributed by atoms with Crippen LogP contribution in [0.1, 0.15) is 41.5 Å². The summed E-state index contributed by atoms with van der Waals surface area (Å²) in [6.07, 6.45) is 4.73. The molecule has 0 bridgehead atoms. The maximum atomic E-state index is 14.1. The number of halogens is 3. The maximum Gasteiger partial charge on any atom is 0.264 e. The van der Waals surface area contributed by atoms with Crippen molar-refractivity contribution in [2.75, 3.05) is 18.0 Å². The van der Waals surface area contributed by atoms with Gasteiger partial charge in [-0.3, -0.25) is 4.68 Å². The van der Waals surface area contributed by atoms with Crippen LogP contribution in [0.4, 0.5) is 20.2 Å². The number of hydrogen-bond donors (Lipinski definition) is 1. The number of nitrogens with one attached hydrogen (secondary N) is 1. The fourth-order valence-corrected chi connectivity index (χ4v) is 5.09. The molecule has 31 heavy (non-hydrogen) atoms. The largest absolute Gasteiger partial charge is 0.341 e. The standard InChI is InChI=1S/C24H25ClF2N4/c1-30-14-17(12-29-30)19-9-16-5-3-7-31(22(16)11-20(19)24(26)27)23-10-18(25)8-15-4-2-6-28-13-21(15)23/h8-12,14,24,28H,2-7,13H2,1H3. The minimum Gasteiger partial charge on any atom is -0.341 e. The molecule has 2 aliphatic heterocycles. The summed E-state index contributed by atoms with van der Waals surface area (Å²) in [6, 6.07) is 7.65. The molecule has 162 valence electrons. The van der Waals surface area contributed by atoms with E-state index in [2.05, 4.69) is 15.3 Å². The first-order valence-corrected chi connectivity index (χ1v) is 11.1. The lowest BCUT2D eigenvalue weighted by atomic mass is 9.92. The normalized spacial score (nSPS) is 16.2. The second-order valence-corrected chi connectivity index (χ2v) is 8.81. The first-order chi connectivity index (χ1) is 15.0. The Labute approximate surface area is 185 Å². The highest BCUT2D eigenvalue weighted by Crippen LogP contribution is 2.43. The van der Waals surface area contributed by atoms with Gasteiger partial charge in [0.1, 0.15) is 0 Å². The van der Waals surface area contributed by atoms with E-state index in [1.54, 1.807) is 30.2 Å². The molecular formula is C24H25ClF2N4. The predicted octanol–water partition coefficient (Wildman–Crippen LogP) is 5.80. The fourth-order valence-electron chi connectivity index (χ4n) is 4.85. The van der Waals surface area contributed by atoms with Crippen molar-refractivity contribution < 1.29 is 8.78 Å². The summed E-state index contributed by atoms with van der Waals surface area (Å²) >= 11 is 6.49. The van der Waals surface area contributed by atoms with Gasteiger partial charge >= 0.3 is 0 Å². The highest BCUT2D eigenvalue weighted by molar-refractivity contribution is 6.31. The van der Waals surface area contributed by atoms with E-state index in [0.29, 0.717) is 10.6 Å². The van der Waals surface area contributed by atoms with E-state index < -0.39 is 6.43 Å². The topological polar surface area (TPSA) is 33.1 Å². The number of benzene rings is 2. The van der Waals surface area contributed by atoms with Crippen LogP contribution in [0.2, 0.25) is 5.02 Å². The van der Waals surface area contributed by atoms with Gasteiger partial charge in [-0.2, -0.15) is 5.10 Å². The number of rotatable bonds is 3. The molecule has 0 radical (unpaired) electrons. The van der Waals surface area contributed by atoms with Crippen LogP contribution in [-0.4, -0.2) is 22.9 Å². The Bertz CT molecular complexity index is 1130. The minimum absolute atomic E-state index is 0.0462. The smallest absolute Gasteiger partial charge is 0.264 e. The molecule has 0 fully saturated rings. The highest BCUT2D eigenvalue weighted by Gasteiger charge is 2.27. The van der Waals surface area contributed by atoms with Crippen LogP contribution in [0.5, 0.6) is 0 Å². The first-order valence-electron chi connectivity index (χ1n) is 10.7. The van der Waals surface area contributed by atoms with E-state index in [1.165, 1.54) is 11.1 Å². The average Bonchev–Trinajstić information content (AvgIpc) is 3.05. The summed E-state index contributed by atoms with van der Waals surface area (Å²) < 4.78 is 29.9.